The Kier molecular flexibility index (Phi) is 11.2. The van der Waals surface area contributed by atoms with Crippen LogP contribution in [-0.4, -0.2) is 32.9 Å². The van der Waals surface area contributed by atoms with E-state index in [0.717, 1.165) is 12.1 Å². The summed E-state index contributed by atoms with van der Waals surface area (Å²) in [4.78, 5) is 25.0. The molecule has 0 unspecified atom stereocenters. The van der Waals surface area contributed by atoms with Gasteiger partial charge in [-0.3, -0.25) is 9.59 Å². The van der Waals surface area contributed by atoms with E-state index in [1.165, 1.54) is 11.7 Å². The van der Waals surface area contributed by atoms with Crippen molar-refractivity contribution >= 4 is 107 Å². The molecule has 0 saturated heterocycles. The summed E-state index contributed by atoms with van der Waals surface area (Å²) in [6.07, 6.45) is 0. The summed E-state index contributed by atoms with van der Waals surface area (Å²) in [5, 5.41) is 9.60. The van der Waals surface area contributed by atoms with Gasteiger partial charge in [0.15, 0.2) is 23.1 Å². The van der Waals surface area contributed by atoms with Crippen molar-refractivity contribution < 1.29 is 37.0 Å². The molecule has 0 fully saturated rings. The van der Waals surface area contributed by atoms with Crippen LogP contribution in [0.1, 0.15) is 32.1 Å². The molecule has 0 atom stereocenters. The molecule has 4 aromatic rings. The molecule has 218 valence electrons. The number of phenols is 1. The van der Waals surface area contributed by atoms with Gasteiger partial charge in [0.25, 0.3) is 0 Å². The van der Waals surface area contributed by atoms with Crippen molar-refractivity contribution in [2.24, 2.45) is 14.1 Å². The minimum absolute atomic E-state index is 0.143. The van der Waals surface area contributed by atoms with Crippen LogP contribution >= 0.6 is 95.6 Å². The maximum Gasteiger partial charge on any atom is 0.214 e. The second kappa shape index (κ2) is 13.5. The van der Waals surface area contributed by atoms with Crippen molar-refractivity contribution in [1.82, 2.24) is 9.13 Å². The molecule has 0 bridgehead atoms. The number of carbonyl (C=O) groups is 2. The molecule has 4 rings (SSSR count). The molecule has 0 aliphatic rings. The lowest BCUT2D eigenvalue weighted by atomic mass is 10.1. The van der Waals surface area contributed by atoms with E-state index in [1.54, 1.807) is 18.7 Å². The predicted octanol–water partition coefficient (Wildman–Crippen LogP) is 9.36. The number of rotatable bonds is 5. The summed E-state index contributed by atoms with van der Waals surface area (Å²) < 4.78 is 64.9. The fourth-order valence-electron chi connectivity index (χ4n) is 3.61. The van der Waals surface area contributed by atoms with Gasteiger partial charge in [0, 0.05) is 26.2 Å². The van der Waals surface area contributed by atoms with E-state index in [1.807, 2.05) is 0 Å². The van der Waals surface area contributed by atoms with Crippen LogP contribution < -0.4 is 4.74 Å². The van der Waals surface area contributed by atoms with E-state index in [2.05, 4.69) is 95.6 Å². The van der Waals surface area contributed by atoms with Crippen LogP contribution in [0, 0.1) is 23.3 Å². The van der Waals surface area contributed by atoms with Gasteiger partial charge in [-0.05, 0) is 108 Å². The van der Waals surface area contributed by atoms with Gasteiger partial charge < -0.3 is 19.0 Å². The van der Waals surface area contributed by atoms with E-state index < -0.39 is 46.1 Å². The summed E-state index contributed by atoms with van der Waals surface area (Å²) in [5.41, 5.74) is -0.249. The average molecular weight is 962 g/mol. The molecule has 16 heteroatoms. The highest BCUT2D eigenvalue weighted by Gasteiger charge is 2.28. The molecule has 0 aliphatic heterocycles. The average Bonchev–Trinajstić information content (AvgIpc) is 3.22. The number of halogens is 10. The highest BCUT2D eigenvalue weighted by Crippen LogP contribution is 2.39. The molecule has 2 aromatic heterocycles. The Labute approximate surface area is 280 Å². The largest absolute Gasteiger partial charge is 0.504 e. The topological polar surface area (TPSA) is 73.5 Å². The predicted molar refractivity (Wildman–Crippen MR) is 165 cm³/mol. The number of ether oxygens (including phenoxy) is 1. The molecular formula is C25H14Br6F4N2O4. The van der Waals surface area contributed by atoms with Crippen molar-refractivity contribution in [3.63, 3.8) is 0 Å². The number of methoxy groups -OCH3 is 1. The molecule has 2 aromatic carbocycles. The highest BCUT2D eigenvalue weighted by atomic mass is 79.9. The third-order valence-corrected chi connectivity index (χ3v) is 12.7. The number of aromatic hydroxyl groups is 1. The Morgan fingerprint density at radius 1 is 0.683 bits per heavy atom. The standard InChI is InChI=1S/C13H8Br3F2NO2.C12H6Br3F2NO2/c1-19-10(8(14)9(15)13(19)16)11(20)6-3-5(17)4-7(18)12(6)21-2;1-18-9(7(13)8(14)12(18)15)11(20)5-2-4(16)3-6(17)10(5)19/h3-4H,1-2H3;2-3,19H,1H3. The molecular weight excluding hydrogens is 948 g/mol. The Morgan fingerprint density at radius 3 is 1.46 bits per heavy atom. The molecule has 41 heavy (non-hydrogen) atoms. The first kappa shape index (κ1) is 34.0. The number of aromatic nitrogens is 2. The Hall–Kier alpha value is -1.46. The van der Waals surface area contributed by atoms with Crippen LogP contribution in [0.3, 0.4) is 0 Å². The van der Waals surface area contributed by atoms with E-state index in [0.29, 0.717) is 39.2 Å². The molecule has 6 nitrogen and oxygen atoms in total. The molecule has 1 N–H and O–H groups in total. The first-order chi connectivity index (χ1) is 19.0. The Bertz CT molecular complexity index is 1670. The summed E-state index contributed by atoms with van der Waals surface area (Å²) in [6, 6.07) is 2.92. The number of ketones is 2. The fraction of sp³-hybridized carbons (Fsp3) is 0.120. The molecule has 0 aliphatic carbocycles. The normalized spacial score (nSPS) is 10.9. The second-order valence-corrected chi connectivity index (χ2v) is 12.7. The zero-order valence-corrected chi connectivity index (χ0v) is 30.2. The summed E-state index contributed by atoms with van der Waals surface area (Å²) >= 11 is 19.7. The first-order valence-electron chi connectivity index (χ1n) is 10.7. The van der Waals surface area contributed by atoms with Crippen LogP contribution in [0.25, 0.3) is 0 Å². The number of phenolic OH excluding ortho intramolecular Hbond substituents is 1. The van der Waals surface area contributed by atoms with Gasteiger partial charge in [-0.2, -0.15) is 0 Å². The van der Waals surface area contributed by atoms with Crippen molar-refractivity contribution in [1.29, 1.82) is 0 Å². The Balaban J connectivity index is 0.000000226. The van der Waals surface area contributed by atoms with Gasteiger partial charge in [-0.1, -0.05) is 0 Å². The number of hydrogen-bond acceptors (Lipinski definition) is 4. The van der Waals surface area contributed by atoms with Gasteiger partial charge in [-0.15, -0.1) is 0 Å². The van der Waals surface area contributed by atoms with Crippen LogP contribution in [0.15, 0.2) is 51.4 Å². The molecule has 0 saturated carbocycles. The maximum absolute atomic E-state index is 13.7. The van der Waals surface area contributed by atoms with Gasteiger partial charge in [0.1, 0.15) is 32.2 Å². The fourth-order valence-corrected chi connectivity index (χ4v) is 7.07. The van der Waals surface area contributed by atoms with Crippen LogP contribution in [0.2, 0.25) is 0 Å². The van der Waals surface area contributed by atoms with E-state index in [-0.39, 0.29) is 22.7 Å². The van der Waals surface area contributed by atoms with Gasteiger partial charge in [0.05, 0.1) is 36.1 Å². The molecule has 2 heterocycles. The third-order valence-electron chi connectivity index (χ3n) is 5.58. The van der Waals surface area contributed by atoms with Crippen LogP contribution in [0.5, 0.6) is 11.5 Å². The highest BCUT2D eigenvalue weighted by molar-refractivity contribution is 9.15. The van der Waals surface area contributed by atoms with Gasteiger partial charge in [0.2, 0.25) is 11.6 Å². The zero-order chi connectivity index (χ0) is 31.1. The zero-order valence-electron chi connectivity index (χ0n) is 20.7. The lowest BCUT2D eigenvalue weighted by Crippen LogP contribution is -2.11. The molecule has 0 spiro atoms. The van der Waals surface area contributed by atoms with Gasteiger partial charge >= 0.3 is 0 Å². The van der Waals surface area contributed by atoms with Crippen molar-refractivity contribution in [2.45, 2.75) is 0 Å². The summed E-state index contributed by atoms with van der Waals surface area (Å²) in [7, 11) is 4.47. The number of nitrogens with zero attached hydrogens (tertiary/aromatic N) is 2. The SMILES string of the molecule is COc1c(F)cc(F)cc1C(=O)c1c(Br)c(Br)c(Br)n1C.Cn1c(Br)c(Br)c(Br)c1C(=O)c1cc(F)cc(F)c1O. The van der Waals surface area contributed by atoms with Gasteiger partial charge in [-0.25, -0.2) is 17.6 Å². The third kappa shape index (κ3) is 6.56. The second-order valence-electron chi connectivity index (χ2n) is 8.06. The quantitative estimate of drug-likeness (QED) is 0.160. The molecule has 0 radical (unpaired) electrons. The minimum atomic E-state index is -1.18. The number of hydrogen-bond donors (Lipinski definition) is 1. The van der Waals surface area contributed by atoms with Crippen molar-refractivity contribution in [3.8, 4) is 11.5 Å². The monoisotopic (exact) mass is 956 g/mol. The van der Waals surface area contributed by atoms with Crippen LogP contribution in [0.4, 0.5) is 17.6 Å². The first-order valence-corrected chi connectivity index (χ1v) is 15.5. The maximum atomic E-state index is 13.7. The Morgan fingerprint density at radius 2 is 1.07 bits per heavy atom. The number of benzene rings is 2. The summed E-state index contributed by atoms with van der Waals surface area (Å²) in [6.45, 7) is 0. The minimum Gasteiger partial charge on any atom is -0.504 e. The van der Waals surface area contributed by atoms with Crippen LogP contribution in [-0.2, 0) is 14.1 Å². The van der Waals surface area contributed by atoms with E-state index >= 15 is 0 Å². The lowest BCUT2D eigenvalue weighted by molar-refractivity contribution is 0.101. The van der Waals surface area contributed by atoms with Crippen molar-refractivity contribution in [3.05, 3.63) is 97.1 Å². The van der Waals surface area contributed by atoms with Crippen molar-refractivity contribution in [2.75, 3.05) is 7.11 Å². The lowest BCUT2D eigenvalue weighted by Gasteiger charge is -2.10. The smallest absolute Gasteiger partial charge is 0.214 e. The molecule has 0 amide bonds. The van der Waals surface area contributed by atoms with E-state index in [4.69, 9.17) is 4.74 Å². The van der Waals surface area contributed by atoms with E-state index in [9.17, 15) is 32.3 Å². The number of carbonyl (C=O) groups excluding carboxylic acids is 2. The summed E-state index contributed by atoms with van der Waals surface area (Å²) in [5.74, 6) is -6.33.